The highest BCUT2D eigenvalue weighted by Gasteiger charge is 2.67. The van der Waals surface area contributed by atoms with Gasteiger partial charge in [-0.1, -0.05) is 0 Å². The molecule has 0 fully saturated rings. The van der Waals surface area contributed by atoms with Crippen molar-refractivity contribution in [3.05, 3.63) is 0 Å². The van der Waals surface area contributed by atoms with Crippen LogP contribution in [0.15, 0.2) is 0 Å². The van der Waals surface area contributed by atoms with Crippen LogP contribution in [-0.4, -0.2) is 75.9 Å². The fourth-order valence-electron chi connectivity index (χ4n) is 0.665. The molecule has 124 valence electrons. The summed E-state index contributed by atoms with van der Waals surface area (Å²) >= 11 is 0. The Balaban J connectivity index is 0. The van der Waals surface area contributed by atoms with E-state index in [1.807, 2.05) is 0 Å². The summed E-state index contributed by atoms with van der Waals surface area (Å²) in [7, 11) is 10.8. The van der Waals surface area contributed by atoms with Gasteiger partial charge in [0.15, 0.2) is 0 Å². The smallest absolute Gasteiger partial charge is 0.458 e. The molecular weight excluding hydrogens is 297 g/mol. The van der Waals surface area contributed by atoms with E-state index in [0.717, 1.165) is 4.48 Å². The van der Waals surface area contributed by atoms with Crippen molar-refractivity contribution < 1.29 is 40.3 Å². The molecule has 0 aliphatic carbocycles. The second-order valence-corrected chi connectivity index (χ2v) is 5.41. The first-order valence-electron chi connectivity index (χ1n) is 5.40. The molecule has 3 nitrogen and oxygen atoms in total. The van der Waals surface area contributed by atoms with Gasteiger partial charge in [0.2, 0.25) is 0 Å². The molecule has 0 spiro atoms. The fourth-order valence-corrected chi connectivity index (χ4v) is 0.665. The third-order valence-corrected chi connectivity index (χ3v) is 1.94. The molecule has 0 amide bonds. The molecule has 0 aromatic heterocycles. The average Bonchev–Trinajstić information content (AvgIpc) is 2.11. The molecule has 0 aliphatic rings. The molecule has 0 aliphatic heterocycles. The number of hydrogen-bond donors (Lipinski definition) is 0. The van der Waals surface area contributed by atoms with Crippen LogP contribution in [0.5, 0.6) is 0 Å². The highest BCUT2D eigenvalue weighted by molar-refractivity contribution is 4.81. The molecule has 0 rings (SSSR count). The Hall–Kier alpha value is -0.610. The minimum Gasteiger partial charge on any atom is -0.793 e. The van der Waals surface area contributed by atoms with Crippen molar-refractivity contribution in [1.82, 2.24) is 4.90 Å². The van der Waals surface area contributed by atoms with Crippen LogP contribution in [0.2, 0.25) is 0 Å². The Labute approximate surface area is 113 Å². The molecule has 0 saturated heterocycles. The molecule has 0 unspecified atom stereocenters. The highest BCUT2D eigenvalue weighted by Crippen LogP contribution is 2.43. The van der Waals surface area contributed by atoms with E-state index in [2.05, 4.69) is 40.1 Å². The first kappa shape index (κ1) is 21.7. The number of likely N-dealkylation sites (N-methyl/N-ethyl adjacent to an activating group) is 2. The lowest BCUT2D eigenvalue weighted by Gasteiger charge is -2.31. The van der Waals surface area contributed by atoms with E-state index < -0.39 is 18.2 Å². The van der Waals surface area contributed by atoms with Crippen LogP contribution < -0.4 is 5.11 Å². The number of quaternary nitrogens is 1. The lowest BCUT2D eigenvalue weighted by molar-refractivity contribution is -0.869. The predicted octanol–water partition coefficient (Wildman–Crippen LogP) is 1.39. The number of nitrogens with zero attached hydrogens (tertiary/aromatic N) is 2. The minimum atomic E-state index is -6.52. The van der Waals surface area contributed by atoms with Crippen molar-refractivity contribution in [2.75, 3.05) is 48.3 Å². The summed E-state index contributed by atoms with van der Waals surface area (Å²) in [5, 5.41) is 8.97. The van der Waals surface area contributed by atoms with Gasteiger partial charge in [0, 0.05) is 6.54 Å². The van der Waals surface area contributed by atoms with Crippen molar-refractivity contribution >= 4 is 0 Å². The summed E-state index contributed by atoms with van der Waals surface area (Å²) in [6, 6.07) is 0. The zero-order valence-electron chi connectivity index (χ0n) is 11.9. The molecule has 0 aromatic rings. The zero-order valence-corrected chi connectivity index (χ0v) is 11.9. The van der Waals surface area contributed by atoms with Crippen molar-refractivity contribution in [2.45, 2.75) is 18.2 Å². The monoisotopic (exact) mass is 316 g/mol. The lowest BCUT2D eigenvalue weighted by Crippen LogP contribution is -2.59. The topological polar surface area (TPSA) is 26.3 Å². The van der Waals surface area contributed by atoms with Crippen molar-refractivity contribution in [3.8, 4) is 0 Å². The van der Waals surface area contributed by atoms with Crippen LogP contribution in [0.3, 0.4) is 0 Å². The quantitative estimate of drug-likeness (QED) is 0.579. The summed E-state index contributed by atoms with van der Waals surface area (Å²) in [5.41, 5.74) is 0. The van der Waals surface area contributed by atoms with Gasteiger partial charge in [-0.3, -0.25) is 0 Å². The Kier molecular flexibility index (Phi) is 7.48. The second kappa shape index (κ2) is 6.90. The van der Waals surface area contributed by atoms with E-state index in [-0.39, 0.29) is 0 Å². The molecular formula is C10H19F7N2O. The van der Waals surface area contributed by atoms with Gasteiger partial charge in [-0.2, -0.15) is 22.0 Å². The van der Waals surface area contributed by atoms with Gasteiger partial charge >= 0.3 is 12.1 Å². The van der Waals surface area contributed by atoms with Crippen LogP contribution in [0.25, 0.3) is 0 Å². The largest absolute Gasteiger partial charge is 0.793 e. The Morgan fingerprint density at radius 3 is 1.30 bits per heavy atom. The average molecular weight is 316 g/mol. The molecule has 0 saturated carbocycles. The van der Waals surface area contributed by atoms with Crippen LogP contribution in [0, 0.1) is 0 Å². The zero-order chi connectivity index (χ0) is 17.0. The van der Waals surface area contributed by atoms with E-state index in [4.69, 9.17) is 5.11 Å². The van der Waals surface area contributed by atoms with E-state index in [1.54, 1.807) is 0 Å². The standard InChI is InChI=1S/C7H19N2.C3F7O/c1-8(2)6-7-9(3,4)5;4-1(5,2(6,7)8)3(9,10)11/h6-7H2,1-5H3;/q+1;-1. The summed E-state index contributed by atoms with van der Waals surface area (Å²) in [5.74, 6) is -6.51. The molecule has 0 bridgehead atoms. The van der Waals surface area contributed by atoms with Gasteiger partial charge in [0.1, 0.15) is 0 Å². The number of halogens is 7. The maximum Gasteiger partial charge on any atom is 0.458 e. The first-order valence-corrected chi connectivity index (χ1v) is 5.40. The third kappa shape index (κ3) is 8.54. The maximum absolute atomic E-state index is 11.2. The van der Waals surface area contributed by atoms with Gasteiger partial charge in [-0.15, -0.1) is 0 Å². The molecule has 20 heavy (non-hydrogen) atoms. The lowest BCUT2D eigenvalue weighted by atomic mass is 10.3. The number of rotatable bonds is 4. The maximum atomic E-state index is 11.2. The molecule has 0 atom stereocenters. The SMILES string of the molecule is CN(C)CC[N+](C)(C)C.[O-]C(F)(F)C(F)(F)C(F)(F)F. The fraction of sp³-hybridized carbons (Fsp3) is 1.00. The molecule has 0 radical (unpaired) electrons. The van der Waals surface area contributed by atoms with Crippen LogP contribution in [-0.2, 0) is 0 Å². The molecule has 0 heterocycles. The normalized spacial score (nSPS) is 14.1. The highest BCUT2D eigenvalue weighted by atomic mass is 19.4. The van der Waals surface area contributed by atoms with Gasteiger partial charge in [0.05, 0.1) is 27.7 Å². The summed E-state index contributed by atoms with van der Waals surface area (Å²) in [4.78, 5) is 2.21. The summed E-state index contributed by atoms with van der Waals surface area (Å²) in [6.07, 6.45) is -12.8. The van der Waals surface area contributed by atoms with Crippen LogP contribution >= 0.6 is 0 Å². The Morgan fingerprint density at radius 2 is 1.25 bits per heavy atom. The van der Waals surface area contributed by atoms with Crippen molar-refractivity contribution in [3.63, 3.8) is 0 Å². The second-order valence-electron chi connectivity index (χ2n) is 5.41. The Morgan fingerprint density at radius 1 is 0.900 bits per heavy atom. The minimum absolute atomic E-state index is 1.05. The van der Waals surface area contributed by atoms with Crippen molar-refractivity contribution in [2.24, 2.45) is 0 Å². The van der Waals surface area contributed by atoms with E-state index >= 15 is 0 Å². The summed E-state index contributed by atoms with van der Waals surface area (Å²) in [6.45, 7) is 2.39. The van der Waals surface area contributed by atoms with E-state index in [9.17, 15) is 30.7 Å². The summed E-state index contributed by atoms with van der Waals surface area (Å²) < 4.78 is 78.2. The van der Waals surface area contributed by atoms with Crippen LogP contribution in [0.1, 0.15) is 0 Å². The van der Waals surface area contributed by atoms with Crippen LogP contribution in [0.4, 0.5) is 30.7 Å². The molecule has 0 N–H and O–H groups in total. The predicted molar refractivity (Wildman–Crippen MR) is 57.4 cm³/mol. The van der Waals surface area contributed by atoms with Gasteiger partial charge in [-0.25, -0.2) is 8.78 Å². The molecule has 10 heteroatoms. The van der Waals surface area contributed by atoms with Gasteiger partial charge in [-0.05, 0) is 14.1 Å². The molecule has 0 aromatic carbocycles. The number of hydrogen-bond acceptors (Lipinski definition) is 2. The van der Waals surface area contributed by atoms with Gasteiger partial charge in [0.25, 0.3) is 6.11 Å². The van der Waals surface area contributed by atoms with Gasteiger partial charge < -0.3 is 14.5 Å². The third-order valence-electron chi connectivity index (χ3n) is 1.94. The Bertz CT molecular complexity index is 263. The number of alkyl halides is 7. The van der Waals surface area contributed by atoms with E-state index in [0.29, 0.717) is 0 Å². The van der Waals surface area contributed by atoms with Crippen molar-refractivity contribution in [1.29, 1.82) is 0 Å². The first-order chi connectivity index (χ1) is 8.42. The van der Waals surface area contributed by atoms with E-state index in [1.165, 1.54) is 13.1 Å².